The third kappa shape index (κ3) is 6.59. The van der Waals surface area contributed by atoms with Gasteiger partial charge >= 0.3 is 6.18 Å². The summed E-state index contributed by atoms with van der Waals surface area (Å²) in [5.41, 5.74) is -1.23. The lowest BCUT2D eigenvalue weighted by Crippen LogP contribution is -2.56. The summed E-state index contributed by atoms with van der Waals surface area (Å²) in [6, 6.07) is 0.275. The number of hydrogen-bond acceptors (Lipinski definition) is 5. The molecule has 37 heavy (non-hydrogen) atoms. The molecule has 208 valence electrons. The Morgan fingerprint density at radius 3 is 2.27 bits per heavy atom. The van der Waals surface area contributed by atoms with Crippen molar-refractivity contribution in [2.24, 2.45) is 29.6 Å². The fourth-order valence-electron chi connectivity index (χ4n) is 7.05. The van der Waals surface area contributed by atoms with E-state index in [0.717, 1.165) is 36.5 Å². The number of nitrogens with zero attached hydrogens (tertiary/aromatic N) is 1. The minimum absolute atomic E-state index is 0.0554. The second-order valence-electron chi connectivity index (χ2n) is 12.2. The smallest absolute Gasteiger partial charge is 0.388 e. The Kier molecular flexibility index (Phi) is 8.32. The van der Waals surface area contributed by atoms with Gasteiger partial charge in [-0.15, -0.1) is 0 Å². The molecule has 1 aromatic heterocycles. The number of aromatic nitrogens is 1. The number of aliphatic hydroxyl groups is 2. The van der Waals surface area contributed by atoms with Gasteiger partial charge in [0.1, 0.15) is 17.9 Å². The van der Waals surface area contributed by atoms with Gasteiger partial charge in [-0.1, -0.05) is 44.9 Å². The number of ether oxygens (including phenoxy) is 1. The first kappa shape index (κ1) is 27.1. The van der Waals surface area contributed by atoms with E-state index in [1.54, 1.807) is 0 Å². The summed E-state index contributed by atoms with van der Waals surface area (Å²) in [5.74, 6) is 2.44. The summed E-state index contributed by atoms with van der Waals surface area (Å²) in [5, 5.41) is 23.7. The largest absolute Gasteiger partial charge is 0.433 e. The maximum Gasteiger partial charge on any atom is 0.433 e. The first-order valence-corrected chi connectivity index (χ1v) is 14.1. The van der Waals surface area contributed by atoms with Crippen molar-refractivity contribution in [1.82, 2.24) is 4.98 Å². The Morgan fingerprint density at radius 2 is 1.57 bits per heavy atom. The average molecular weight is 529 g/mol. The van der Waals surface area contributed by atoms with Gasteiger partial charge in [-0.05, 0) is 73.8 Å². The Balaban J connectivity index is 1.02. The molecule has 5 nitrogen and oxygen atoms in total. The minimum Gasteiger partial charge on any atom is -0.388 e. The highest BCUT2D eigenvalue weighted by atomic mass is 19.4. The quantitative estimate of drug-likeness (QED) is 0.346. The molecule has 0 radical (unpaired) electrons. The number of rotatable bonds is 9. The van der Waals surface area contributed by atoms with Gasteiger partial charge in [0.15, 0.2) is 11.6 Å². The summed E-state index contributed by atoms with van der Waals surface area (Å²) in [6.07, 6.45) is 7.72. The molecule has 0 spiro atoms. The first-order chi connectivity index (χ1) is 17.7. The van der Waals surface area contributed by atoms with Crippen LogP contribution in [0.3, 0.4) is 0 Å². The van der Waals surface area contributed by atoms with Crippen LogP contribution in [0, 0.1) is 35.4 Å². The van der Waals surface area contributed by atoms with Crippen molar-refractivity contribution in [3.63, 3.8) is 0 Å². The summed E-state index contributed by atoms with van der Waals surface area (Å²) in [7, 11) is 0. The lowest BCUT2D eigenvalue weighted by Gasteiger charge is -2.43. The van der Waals surface area contributed by atoms with Gasteiger partial charge in [-0.25, -0.2) is 9.37 Å². The van der Waals surface area contributed by atoms with Crippen molar-refractivity contribution < 1.29 is 32.5 Å². The predicted octanol–water partition coefficient (Wildman–Crippen LogP) is 5.94. The van der Waals surface area contributed by atoms with E-state index in [0.29, 0.717) is 24.5 Å². The highest BCUT2D eigenvalue weighted by molar-refractivity contribution is 5.39. The van der Waals surface area contributed by atoms with Gasteiger partial charge < -0.3 is 20.3 Å². The van der Waals surface area contributed by atoms with E-state index in [1.165, 1.54) is 57.8 Å². The molecule has 4 aliphatic rings. The zero-order chi connectivity index (χ0) is 26.2. The van der Waals surface area contributed by atoms with Crippen LogP contribution in [-0.4, -0.2) is 46.2 Å². The van der Waals surface area contributed by atoms with Crippen LogP contribution in [0.25, 0.3) is 0 Å². The second-order valence-corrected chi connectivity index (χ2v) is 12.2. The number of nitrogens with one attached hydrogen (secondary N) is 1. The van der Waals surface area contributed by atoms with Gasteiger partial charge in [0, 0.05) is 0 Å². The molecule has 3 N–H and O–H groups in total. The zero-order valence-electron chi connectivity index (χ0n) is 21.3. The Bertz CT molecular complexity index is 906. The fourth-order valence-corrected chi connectivity index (χ4v) is 7.05. The van der Waals surface area contributed by atoms with Gasteiger partial charge in [0.25, 0.3) is 0 Å². The van der Waals surface area contributed by atoms with Crippen LogP contribution >= 0.6 is 0 Å². The molecule has 0 aromatic carbocycles. The van der Waals surface area contributed by atoms with E-state index >= 15 is 0 Å². The van der Waals surface area contributed by atoms with Crippen molar-refractivity contribution >= 4 is 5.82 Å². The Hall–Kier alpha value is -1.45. The summed E-state index contributed by atoms with van der Waals surface area (Å²) < 4.78 is 58.6. The SMILES string of the molecule is O[C@@H]1[C@@H](Nc2nc(C(F)(F)F)ccc2F)COC(CC2CC(CCC3CCC(CC4CCC4)C3)C2)[C@@H]1O. The molecule has 9 heteroatoms. The topological polar surface area (TPSA) is 74.6 Å². The highest BCUT2D eigenvalue weighted by Gasteiger charge is 2.42. The third-order valence-corrected chi connectivity index (χ3v) is 9.51. The van der Waals surface area contributed by atoms with Crippen LogP contribution in [0.1, 0.15) is 82.7 Å². The molecule has 1 aromatic rings. The molecule has 6 atom stereocenters. The van der Waals surface area contributed by atoms with Crippen LogP contribution in [0.2, 0.25) is 0 Å². The molecule has 0 amide bonds. The monoisotopic (exact) mass is 528 g/mol. The summed E-state index contributed by atoms with van der Waals surface area (Å²) >= 11 is 0. The number of anilines is 1. The van der Waals surface area contributed by atoms with Crippen LogP contribution < -0.4 is 5.32 Å². The second kappa shape index (κ2) is 11.3. The molecular formula is C28H40F4N2O3. The van der Waals surface area contributed by atoms with Crippen molar-refractivity contribution in [2.45, 2.75) is 108 Å². The van der Waals surface area contributed by atoms with Crippen molar-refractivity contribution in [3.8, 4) is 0 Å². The normalized spacial score (nSPS) is 36.7. The summed E-state index contributed by atoms with van der Waals surface area (Å²) in [6.45, 7) is -0.0554. The Morgan fingerprint density at radius 1 is 0.865 bits per heavy atom. The molecule has 1 saturated heterocycles. The van der Waals surface area contributed by atoms with E-state index in [2.05, 4.69) is 10.3 Å². The molecule has 3 unspecified atom stereocenters. The number of alkyl halides is 3. The van der Waals surface area contributed by atoms with Gasteiger partial charge in [-0.2, -0.15) is 13.2 Å². The lowest BCUT2D eigenvalue weighted by atomic mass is 9.69. The van der Waals surface area contributed by atoms with Crippen molar-refractivity contribution in [1.29, 1.82) is 0 Å². The lowest BCUT2D eigenvalue weighted by molar-refractivity contribution is -0.150. The van der Waals surface area contributed by atoms with E-state index < -0.39 is 47.9 Å². The average Bonchev–Trinajstić information content (AvgIpc) is 3.25. The first-order valence-electron chi connectivity index (χ1n) is 14.1. The van der Waals surface area contributed by atoms with Crippen LogP contribution in [0.5, 0.6) is 0 Å². The molecule has 3 saturated carbocycles. The van der Waals surface area contributed by atoms with E-state index in [9.17, 15) is 27.8 Å². The molecule has 1 aliphatic heterocycles. The molecule has 3 aliphatic carbocycles. The van der Waals surface area contributed by atoms with Gasteiger partial charge in [-0.3, -0.25) is 0 Å². The Labute approximate surface area is 216 Å². The van der Waals surface area contributed by atoms with E-state index in [1.807, 2.05) is 0 Å². The van der Waals surface area contributed by atoms with Crippen molar-refractivity contribution in [2.75, 3.05) is 11.9 Å². The maximum atomic E-state index is 14.0. The van der Waals surface area contributed by atoms with Gasteiger partial charge in [0.2, 0.25) is 0 Å². The van der Waals surface area contributed by atoms with Gasteiger partial charge in [0.05, 0.1) is 18.8 Å². The van der Waals surface area contributed by atoms with Crippen molar-refractivity contribution in [3.05, 3.63) is 23.6 Å². The van der Waals surface area contributed by atoms with E-state index in [-0.39, 0.29) is 6.61 Å². The zero-order valence-corrected chi connectivity index (χ0v) is 21.3. The standard InChI is InChI=1S/C28H40F4N2O3/c29-21-8-9-24(28(30,31)32)34-27(21)33-22-15-37-23(26(36)25(22)35)14-20-12-19(13-20)7-5-17-4-6-18(11-17)10-16-2-1-3-16/h8-9,16-20,22-23,25-26,35-36H,1-7,10-15H2,(H,33,34)/t17?,18?,19?,20?,22-,23?,25+,26-/m0/s1. The predicted molar refractivity (Wildman–Crippen MR) is 131 cm³/mol. The van der Waals surface area contributed by atoms with Crippen LogP contribution in [-0.2, 0) is 10.9 Å². The molecule has 2 heterocycles. The molecular weight excluding hydrogens is 488 g/mol. The fraction of sp³-hybridized carbons (Fsp3) is 0.821. The molecule has 5 rings (SSSR count). The summed E-state index contributed by atoms with van der Waals surface area (Å²) in [4.78, 5) is 3.30. The number of pyridine rings is 1. The number of aliphatic hydroxyl groups excluding tert-OH is 2. The molecule has 4 fully saturated rings. The maximum absolute atomic E-state index is 14.0. The van der Waals surface area contributed by atoms with Crippen LogP contribution in [0.15, 0.2) is 12.1 Å². The van der Waals surface area contributed by atoms with Crippen LogP contribution in [0.4, 0.5) is 23.4 Å². The number of halogens is 4. The molecule has 0 bridgehead atoms. The third-order valence-electron chi connectivity index (χ3n) is 9.51. The highest BCUT2D eigenvalue weighted by Crippen LogP contribution is 2.45. The minimum atomic E-state index is -4.72. The van der Waals surface area contributed by atoms with E-state index in [4.69, 9.17) is 4.74 Å². The number of hydrogen-bond donors (Lipinski definition) is 3.